The van der Waals surface area contributed by atoms with Crippen molar-refractivity contribution in [2.45, 2.75) is 20.3 Å². The summed E-state index contributed by atoms with van der Waals surface area (Å²) >= 11 is 0. The highest BCUT2D eigenvalue weighted by molar-refractivity contribution is 5.97. The fourth-order valence-corrected chi connectivity index (χ4v) is 2.65. The molecule has 2 aromatic rings. The Bertz CT molecular complexity index is 817. The van der Waals surface area contributed by atoms with Gasteiger partial charge in [0.1, 0.15) is 12.3 Å². The second kappa shape index (κ2) is 10.1. The number of rotatable bonds is 8. The van der Waals surface area contributed by atoms with Crippen LogP contribution in [-0.4, -0.2) is 37.9 Å². The van der Waals surface area contributed by atoms with E-state index in [1.165, 1.54) is 18.7 Å². The first-order valence-corrected chi connectivity index (χ1v) is 8.94. The van der Waals surface area contributed by atoms with Gasteiger partial charge in [-0.3, -0.25) is 14.4 Å². The summed E-state index contributed by atoms with van der Waals surface area (Å²) in [6.45, 7) is 3.23. The molecule has 7 nitrogen and oxygen atoms in total. The Hall–Kier alpha value is -3.35. The number of carbonyl (C=O) groups excluding carboxylic acids is 3. The maximum atomic E-state index is 12.3. The number of ether oxygens (including phenoxy) is 1. The summed E-state index contributed by atoms with van der Waals surface area (Å²) in [7, 11) is 1.61. The van der Waals surface area contributed by atoms with E-state index in [0.29, 0.717) is 24.3 Å². The molecule has 0 heterocycles. The van der Waals surface area contributed by atoms with Gasteiger partial charge in [0, 0.05) is 31.8 Å². The molecule has 2 N–H and O–H groups in total. The van der Waals surface area contributed by atoms with Gasteiger partial charge in [-0.1, -0.05) is 12.1 Å². The quantitative estimate of drug-likeness (QED) is 0.733. The van der Waals surface area contributed by atoms with Crippen molar-refractivity contribution in [3.8, 4) is 5.75 Å². The van der Waals surface area contributed by atoms with Gasteiger partial charge in [0.15, 0.2) is 0 Å². The zero-order valence-corrected chi connectivity index (χ0v) is 16.3. The maximum absolute atomic E-state index is 12.3. The monoisotopic (exact) mass is 383 g/mol. The molecular formula is C21H25N3O4. The first kappa shape index (κ1) is 21.0. The molecule has 0 aliphatic heterocycles. The van der Waals surface area contributed by atoms with Crippen molar-refractivity contribution in [3.63, 3.8) is 0 Å². The first-order chi connectivity index (χ1) is 13.4. The van der Waals surface area contributed by atoms with Crippen LogP contribution in [0.2, 0.25) is 0 Å². The molecule has 0 atom stereocenters. The van der Waals surface area contributed by atoms with Crippen LogP contribution in [0.1, 0.15) is 19.4 Å². The van der Waals surface area contributed by atoms with Crippen LogP contribution in [0.3, 0.4) is 0 Å². The summed E-state index contributed by atoms with van der Waals surface area (Å²) in [5.41, 5.74) is 2.30. The average molecular weight is 383 g/mol. The summed E-state index contributed by atoms with van der Waals surface area (Å²) in [5, 5.41) is 5.49. The highest BCUT2D eigenvalue weighted by atomic mass is 16.5. The number of hydrogen-bond donors (Lipinski definition) is 2. The SMILES string of the molecule is COc1ccc(CCNC(=O)CN(C(C)=O)c2ccc(NC(C)=O)cc2)cc1. The summed E-state index contributed by atoms with van der Waals surface area (Å²) in [4.78, 5) is 36.7. The van der Waals surface area contributed by atoms with Crippen molar-refractivity contribution in [2.75, 3.05) is 30.4 Å². The van der Waals surface area contributed by atoms with Gasteiger partial charge >= 0.3 is 0 Å². The molecule has 28 heavy (non-hydrogen) atoms. The zero-order valence-electron chi connectivity index (χ0n) is 16.3. The van der Waals surface area contributed by atoms with Crippen LogP contribution in [-0.2, 0) is 20.8 Å². The summed E-state index contributed by atoms with van der Waals surface area (Å²) in [6, 6.07) is 14.4. The maximum Gasteiger partial charge on any atom is 0.240 e. The Morgan fingerprint density at radius 2 is 1.61 bits per heavy atom. The Balaban J connectivity index is 1.89. The fraction of sp³-hybridized carbons (Fsp3) is 0.286. The lowest BCUT2D eigenvalue weighted by atomic mass is 10.1. The normalized spacial score (nSPS) is 10.1. The number of amides is 3. The van der Waals surface area contributed by atoms with Crippen LogP contribution >= 0.6 is 0 Å². The minimum atomic E-state index is -0.241. The van der Waals surface area contributed by atoms with Crippen molar-refractivity contribution < 1.29 is 19.1 Å². The van der Waals surface area contributed by atoms with E-state index in [2.05, 4.69) is 10.6 Å². The third-order valence-corrected chi connectivity index (χ3v) is 4.08. The van der Waals surface area contributed by atoms with Crippen LogP contribution in [0.15, 0.2) is 48.5 Å². The van der Waals surface area contributed by atoms with E-state index in [1.807, 2.05) is 24.3 Å². The van der Waals surface area contributed by atoms with Crippen molar-refractivity contribution >= 4 is 29.1 Å². The van der Waals surface area contributed by atoms with Crippen LogP contribution in [0, 0.1) is 0 Å². The molecule has 0 unspecified atom stereocenters. The van der Waals surface area contributed by atoms with E-state index in [1.54, 1.807) is 31.4 Å². The van der Waals surface area contributed by atoms with Crippen molar-refractivity contribution in [1.82, 2.24) is 5.32 Å². The van der Waals surface area contributed by atoms with E-state index in [-0.39, 0.29) is 24.3 Å². The van der Waals surface area contributed by atoms with Gasteiger partial charge in [-0.2, -0.15) is 0 Å². The number of nitrogens with zero attached hydrogens (tertiary/aromatic N) is 1. The second-order valence-corrected chi connectivity index (χ2v) is 6.28. The van der Waals surface area contributed by atoms with Crippen molar-refractivity contribution in [1.29, 1.82) is 0 Å². The molecule has 7 heteroatoms. The van der Waals surface area contributed by atoms with Gasteiger partial charge in [-0.05, 0) is 48.4 Å². The van der Waals surface area contributed by atoms with Crippen LogP contribution in [0.5, 0.6) is 5.75 Å². The third kappa shape index (κ3) is 6.42. The predicted molar refractivity (Wildman–Crippen MR) is 108 cm³/mol. The van der Waals surface area contributed by atoms with E-state index in [4.69, 9.17) is 4.74 Å². The van der Waals surface area contributed by atoms with E-state index >= 15 is 0 Å². The lowest BCUT2D eigenvalue weighted by molar-refractivity contribution is -0.123. The highest BCUT2D eigenvalue weighted by Gasteiger charge is 2.15. The Kier molecular flexibility index (Phi) is 7.56. The largest absolute Gasteiger partial charge is 0.497 e. The number of hydrogen-bond acceptors (Lipinski definition) is 4. The van der Waals surface area contributed by atoms with E-state index in [9.17, 15) is 14.4 Å². The van der Waals surface area contributed by atoms with Gasteiger partial charge in [0.05, 0.1) is 7.11 Å². The molecule has 0 spiro atoms. The van der Waals surface area contributed by atoms with Gasteiger partial charge in [-0.15, -0.1) is 0 Å². The van der Waals surface area contributed by atoms with Gasteiger partial charge in [0.25, 0.3) is 0 Å². The highest BCUT2D eigenvalue weighted by Crippen LogP contribution is 2.18. The van der Waals surface area contributed by atoms with Gasteiger partial charge in [0.2, 0.25) is 17.7 Å². The molecule has 0 saturated heterocycles. The summed E-state index contributed by atoms with van der Waals surface area (Å²) in [5.74, 6) is 0.133. The summed E-state index contributed by atoms with van der Waals surface area (Å²) < 4.78 is 5.12. The van der Waals surface area contributed by atoms with Gasteiger partial charge < -0.3 is 20.3 Å². The molecule has 0 aliphatic rings. The molecule has 2 aromatic carbocycles. The van der Waals surface area contributed by atoms with Gasteiger partial charge in [-0.25, -0.2) is 0 Å². The minimum Gasteiger partial charge on any atom is -0.497 e. The molecule has 3 amide bonds. The third-order valence-electron chi connectivity index (χ3n) is 4.08. The molecule has 0 aliphatic carbocycles. The second-order valence-electron chi connectivity index (χ2n) is 6.28. The number of benzene rings is 2. The van der Waals surface area contributed by atoms with E-state index < -0.39 is 0 Å². The fourth-order valence-electron chi connectivity index (χ4n) is 2.65. The number of anilines is 2. The van der Waals surface area contributed by atoms with Crippen molar-refractivity contribution in [2.24, 2.45) is 0 Å². The number of nitrogens with one attached hydrogen (secondary N) is 2. The minimum absolute atomic E-state index is 0.0720. The van der Waals surface area contributed by atoms with Crippen molar-refractivity contribution in [3.05, 3.63) is 54.1 Å². The Morgan fingerprint density at radius 1 is 0.964 bits per heavy atom. The summed E-state index contributed by atoms with van der Waals surface area (Å²) in [6.07, 6.45) is 0.682. The number of methoxy groups -OCH3 is 1. The van der Waals surface area contributed by atoms with E-state index in [0.717, 1.165) is 11.3 Å². The molecule has 0 radical (unpaired) electrons. The molecule has 0 saturated carbocycles. The lowest BCUT2D eigenvalue weighted by Crippen LogP contribution is -2.40. The predicted octanol–water partition coefficient (Wildman–Crippen LogP) is 2.37. The average Bonchev–Trinajstić information content (AvgIpc) is 2.67. The van der Waals surface area contributed by atoms with Crippen LogP contribution < -0.4 is 20.3 Å². The molecule has 0 aromatic heterocycles. The molecule has 0 bridgehead atoms. The van der Waals surface area contributed by atoms with Crippen LogP contribution in [0.25, 0.3) is 0 Å². The van der Waals surface area contributed by atoms with Crippen LogP contribution in [0.4, 0.5) is 11.4 Å². The standard InChI is InChI=1S/C21H25N3O4/c1-15(25)23-18-6-8-19(9-7-18)24(16(2)26)14-21(27)22-13-12-17-4-10-20(28-3)11-5-17/h4-11H,12-14H2,1-3H3,(H,22,27)(H,23,25). The molecule has 0 fully saturated rings. The molecule has 148 valence electrons. The molecule has 2 rings (SSSR count). The topological polar surface area (TPSA) is 87.7 Å². The molecular weight excluding hydrogens is 358 g/mol. The lowest BCUT2D eigenvalue weighted by Gasteiger charge is -2.21. The first-order valence-electron chi connectivity index (χ1n) is 8.94. The zero-order chi connectivity index (χ0) is 20.5. The smallest absolute Gasteiger partial charge is 0.240 e. The Morgan fingerprint density at radius 3 is 2.14 bits per heavy atom. The number of carbonyl (C=O) groups is 3. The Labute approximate surface area is 164 Å².